The summed E-state index contributed by atoms with van der Waals surface area (Å²) in [5.74, 6) is -0.779. The van der Waals surface area contributed by atoms with E-state index >= 15 is 0 Å². The Kier molecular flexibility index (Phi) is 4.63. The largest absolute Gasteiger partial charge is 0.478 e. The molecular formula is C28H22N4O6. The first-order valence-corrected chi connectivity index (χ1v) is 12.3. The molecule has 3 heterocycles. The Hall–Kier alpha value is -4.50. The van der Waals surface area contributed by atoms with Crippen LogP contribution < -0.4 is 14.5 Å². The highest BCUT2D eigenvalue weighted by atomic mass is 16.5. The van der Waals surface area contributed by atoms with Crippen LogP contribution in [0.15, 0.2) is 54.6 Å². The van der Waals surface area contributed by atoms with Gasteiger partial charge in [0.05, 0.1) is 17.8 Å². The summed E-state index contributed by atoms with van der Waals surface area (Å²) in [4.78, 5) is 33.0. The second-order valence-corrected chi connectivity index (χ2v) is 10.2. The Morgan fingerprint density at radius 2 is 1.42 bits per heavy atom. The molecule has 0 bridgehead atoms. The first kappa shape index (κ1) is 22.7. The highest BCUT2D eigenvalue weighted by molar-refractivity contribution is 6.52. The summed E-state index contributed by atoms with van der Waals surface area (Å²) in [6.07, 6.45) is -0.814. The van der Waals surface area contributed by atoms with Crippen LogP contribution in [0.4, 0.5) is 11.4 Å². The van der Waals surface area contributed by atoms with Crippen molar-refractivity contribution in [3.05, 3.63) is 87.9 Å². The molecule has 1 aliphatic carbocycles. The van der Waals surface area contributed by atoms with E-state index in [1.54, 1.807) is 12.1 Å². The molecule has 38 heavy (non-hydrogen) atoms. The number of aromatic carboxylic acids is 1. The molecule has 0 unspecified atom stereocenters. The second kappa shape index (κ2) is 7.75. The van der Waals surface area contributed by atoms with Crippen LogP contribution in [0.25, 0.3) is 5.53 Å². The fraction of sp³-hybridized carbons (Fsp3) is 0.250. The van der Waals surface area contributed by atoms with Crippen molar-refractivity contribution in [2.75, 3.05) is 36.0 Å². The van der Waals surface area contributed by atoms with Crippen LogP contribution in [0, 0.1) is 0 Å². The molecule has 10 nitrogen and oxygen atoms in total. The van der Waals surface area contributed by atoms with E-state index in [0.717, 1.165) is 11.4 Å². The maximum atomic E-state index is 13.6. The highest BCUT2D eigenvalue weighted by Gasteiger charge is 2.62. The van der Waals surface area contributed by atoms with E-state index in [0.29, 0.717) is 54.4 Å². The number of anilines is 2. The fourth-order valence-electron chi connectivity index (χ4n) is 6.08. The molecule has 3 aromatic rings. The van der Waals surface area contributed by atoms with Crippen LogP contribution in [0.2, 0.25) is 0 Å². The van der Waals surface area contributed by atoms with E-state index in [1.165, 1.54) is 18.2 Å². The molecule has 190 valence electrons. The predicted molar refractivity (Wildman–Crippen MR) is 136 cm³/mol. The molecule has 7 rings (SSSR count). The lowest BCUT2D eigenvalue weighted by atomic mass is 9.67. The molecule has 0 aromatic heterocycles. The molecule has 2 fully saturated rings. The van der Waals surface area contributed by atoms with E-state index in [1.807, 2.05) is 34.1 Å². The molecule has 4 aliphatic rings. The molecule has 3 aromatic carbocycles. The first-order chi connectivity index (χ1) is 18.3. The lowest BCUT2D eigenvalue weighted by molar-refractivity contribution is -0.0118. The number of Topliss-reactive ketones (excluding diaryl/α,β-unsaturated/α-hetero) is 1. The minimum atomic E-state index is -1.41. The van der Waals surface area contributed by atoms with E-state index < -0.39 is 29.4 Å². The maximum Gasteiger partial charge on any atom is 0.358 e. The maximum absolute atomic E-state index is 13.6. The summed E-state index contributed by atoms with van der Waals surface area (Å²) < 4.78 is 6.41. The van der Waals surface area contributed by atoms with Crippen LogP contribution in [-0.2, 0) is 5.41 Å². The van der Waals surface area contributed by atoms with Crippen LogP contribution in [0.3, 0.4) is 0 Å². The van der Waals surface area contributed by atoms with Gasteiger partial charge in [-0.25, -0.2) is 4.79 Å². The fourth-order valence-corrected chi connectivity index (χ4v) is 6.08. The third kappa shape index (κ3) is 2.90. The van der Waals surface area contributed by atoms with E-state index in [-0.39, 0.29) is 16.8 Å². The summed E-state index contributed by atoms with van der Waals surface area (Å²) in [7, 11) is 0. The Bertz CT molecular complexity index is 1550. The zero-order valence-electron chi connectivity index (χ0n) is 20.0. The summed E-state index contributed by atoms with van der Waals surface area (Å²) in [6, 6.07) is 15.3. The van der Waals surface area contributed by atoms with Crippen LogP contribution in [-0.4, -0.2) is 76.0 Å². The van der Waals surface area contributed by atoms with Crippen LogP contribution in [0.5, 0.6) is 11.5 Å². The molecule has 2 saturated heterocycles. The normalized spacial score (nSPS) is 19.2. The minimum Gasteiger partial charge on any atom is -0.478 e. The zero-order chi connectivity index (χ0) is 26.3. The van der Waals surface area contributed by atoms with Gasteiger partial charge in [0.25, 0.3) is 5.78 Å². The Labute approximate surface area is 216 Å². The molecule has 0 saturated carbocycles. The summed E-state index contributed by atoms with van der Waals surface area (Å²) in [5.41, 5.74) is 12.1. The molecule has 0 amide bonds. The van der Waals surface area contributed by atoms with Crippen LogP contribution >= 0.6 is 0 Å². The number of ether oxygens (including phenoxy) is 1. The van der Waals surface area contributed by atoms with Crippen molar-refractivity contribution in [2.24, 2.45) is 0 Å². The lowest BCUT2D eigenvalue weighted by Gasteiger charge is -2.41. The van der Waals surface area contributed by atoms with E-state index in [9.17, 15) is 30.4 Å². The quantitative estimate of drug-likeness (QED) is 0.358. The zero-order valence-corrected chi connectivity index (χ0v) is 20.0. The Morgan fingerprint density at radius 3 is 1.89 bits per heavy atom. The number of aliphatic hydroxyl groups excluding tert-OH is 2. The monoisotopic (exact) mass is 510 g/mol. The molecule has 10 heteroatoms. The number of carbonyl (C=O) groups is 2. The number of rotatable bonds is 3. The van der Waals surface area contributed by atoms with Crippen molar-refractivity contribution in [1.82, 2.24) is 0 Å². The van der Waals surface area contributed by atoms with Gasteiger partial charge in [-0.1, -0.05) is 12.1 Å². The van der Waals surface area contributed by atoms with Crippen LogP contribution in [0.1, 0.15) is 37.4 Å². The number of carbonyl (C=O) groups excluding carboxylic acids is 1. The lowest BCUT2D eigenvalue weighted by Crippen LogP contribution is -2.51. The van der Waals surface area contributed by atoms with Gasteiger partial charge < -0.3 is 35.4 Å². The standard InChI is InChI=1S/C28H22N4O6/c29-30-26-25(35)19-4-1-14(27(36)37)7-22(19)28(26)20-5-2-15(31-10-17(33)11-31)8-23(20)38-24-9-16(3-6-21(24)28)32-12-18(34)13-32/h1-9,17-18,33-34H,10-13H2,(H,36,37). The summed E-state index contributed by atoms with van der Waals surface area (Å²) in [6.45, 7) is 1.92. The number of hydrogen-bond acceptors (Lipinski definition) is 7. The summed E-state index contributed by atoms with van der Waals surface area (Å²) in [5, 5.41) is 29.3. The van der Waals surface area contributed by atoms with E-state index in [2.05, 4.69) is 4.79 Å². The number of aliphatic hydroxyl groups is 2. The third-order valence-electron chi connectivity index (χ3n) is 8.00. The molecule has 0 radical (unpaired) electrons. The second-order valence-electron chi connectivity index (χ2n) is 10.2. The average Bonchev–Trinajstić information content (AvgIpc) is 3.12. The molecular weight excluding hydrogens is 488 g/mol. The predicted octanol–water partition coefficient (Wildman–Crippen LogP) is 2.05. The highest BCUT2D eigenvalue weighted by Crippen LogP contribution is 2.57. The number of carboxylic acids is 1. The Morgan fingerprint density at radius 1 is 0.868 bits per heavy atom. The topological polar surface area (TPSA) is 147 Å². The van der Waals surface area contributed by atoms with Gasteiger partial charge in [0.1, 0.15) is 11.5 Å². The minimum absolute atomic E-state index is 0.00193. The van der Waals surface area contributed by atoms with Crippen molar-refractivity contribution in [3.63, 3.8) is 0 Å². The number of carboxylic acid groups (broad SMARTS) is 1. The summed E-state index contributed by atoms with van der Waals surface area (Å²) >= 11 is 0. The van der Waals surface area contributed by atoms with Gasteiger partial charge in [0.2, 0.25) is 0 Å². The van der Waals surface area contributed by atoms with Crippen molar-refractivity contribution in [1.29, 1.82) is 0 Å². The smallest absolute Gasteiger partial charge is 0.358 e. The first-order valence-electron chi connectivity index (χ1n) is 12.3. The molecule has 1 spiro atoms. The van der Waals surface area contributed by atoms with Gasteiger partial charge >= 0.3 is 11.7 Å². The Balaban J connectivity index is 1.50. The number of β-amino-alcohol motifs (C(OH)–C–C–N with tert-alkyl or cyclic N) is 2. The number of hydrogen-bond donors (Lipinski definition) is 3. The number of benzene rings is 3. The molecule has 0 atom stereocenters. The van der Waals surface area contributed by atoms with Crippen molar-refractivity contribution in [3.8, 4) is 11.5 Å². The van der Waals surface area contributed by atoms with Gasteiger partial charge in [0, 0.05) is 66.4 Å². The third-order valence-corrected chi connectivity index (χ3v) is 8.00. The molecule has 3 aliphatic heterocycles. The van der Waals surface area contributed by atoms with Gasteiger partial charge in [-0.3, -0.25) is 4.79 Å². The van der Waals surface area contributed by atoms with Gasteiger partial charge in [-0.2, -0.15) is 4.79 Å². The average molecular weight is 511 g/mol. The van der Waals surface area contributed by atoms with Crippen molar-refractivity contribution < 1.29 is 34.4 Å². The van der Waals surface area contributed by atoms with Gasteiger partial charge in [-0.05, 0) is 35.9 Å². The van der Waals surface area contributed by atoms with Gasteiger partial charge in [-0.15, -0.1) is 0 Å². The number of nitrogens with zero attached hydrogens (tertiary/aromatic N) is 4. The van der Waals surface area contributed by atoms with Crippen molar-refractivity contribution in [2.45, 2.75) is 17.6 Å². The van der Waals surface area contributed by atoms with Crippen molar-refractivity contribution >= 4 is 28.8 Å². The molecule has 3 N–H and O–H groups in total. The van der Waals surface area contributed by atoms with E-state index in [4.69, 9.17) is 4.74 Å². The SMILES string of the molecule is [N-]=[N+]=C1C(=O)c2ccc(C(=O)O)cc2C12c1ccc(N3CC(O)C3)cc1Oc1cc(N3CC(O)C3)ccc12. The van der Waals surface area contributed by atoms with Gasteiger partial charge in [0.15, 0.2) is 5.41 Å². The number of fused-ring (bicyclic) bond motifs is 6. The number of ketones is 1.